The molecule has 1 aromatic carbocycles. The molecule has 2 rings (SSSR count). The number of carbonyl (C=O) groups excluding carboxylic acids is 1. The summed E-state index contributed by atoms with van der Waals surface area (Å²) in [6.45, 7) is 2.11. The maximum absolute atomic E-state index is 11.6. The van der Waals surface area contributed by atoms with Crippen LogP contribution in [0.5, 0.6) is 0 Å². The van der Waals surface area contributed by atoms with Crippen molar-refractivity contribution in [2.24, 2.45) is 0 Å². The Kier molecular flexibility index (Phi) is 3.07. The molecule has 0 bridgehead atoms. The molecule has 15 heavy (non-hydrogen) atoms. The zero-order valence-corrected chi connectivity index (χ0v) is 10.0. The second kappa shape index (κ2) is 4.33. The minimum Gasteiger partial charge on any atom is -0.273 e. The fraction of sp³-hybridized carbons (Fsp3) is 0.273. The van der Waals surface area contributed by atoms with Gasteiger partial charge < -0.3 is 0 Å². The average molecular weight is 237 g/mol. The first-order valence-corrected chi connectivity index (χ1v) is 6.20. The standard InChI is InChI=1S/C11H11NOS2/c1-2-8-3-5-9(6-4-8)12-10(13)7-15-11(12)14/h3-6H,2,7H2,1H3. The molecule has 1 saturated heterocycles. The number of benzene rings is 1. The molecular weight excluding hydrogens is 226 g/mol. The Morgan fingerprint density at radius 2 is 2.07 bits per heavy atom. The number of aryl methyl sites for hydroxylation is 1. The SMILES string of the molecule is CCc1ccc(N2C(=O)CSC2=S)cc1. The summed E-state index contributed by atoms with van der Waals surface area (Å²) in [5.41, 5.74) is 2.15. The molecule has 1 aliphatic heterocycles. The molecule has 0 aliphatic carbocycles. The van der Waals surface area contributed by atoms with Crippen molar-refractivity contribution >= 4 is 39.9 Å². The van der Waals surface area contributed by atoms with Gasteiger partial charge in [0.15, 0.2) is 0 Å². The van der Waals surface area contributed by atoms with Crippen molar-refractivity contribution in [2.45, 2.75) is 13.3 Å². The van der Waals surface area contributed by atoms with Gasteiger partial charge in [0.1, 0.15) is 4.32 Å². The van der Waals surface area contributed by atoms with E-state index in [4.69, 9.17) is 12.2 Å². The fourth-order valence-electron chi connectivity index (χ4n) is 1.48. The second-order valence-electron chi connectivity index (χ2n) is 3.30. The van der Waals surface area contributed by atoms with Gasteiger partial charge in [0.05, 0.1) is 11.4 Å². The molecule has 0 unspecified atom stereocenters. The lowest BCUT2D eigenvalue weighted by Crippen LogP contribution is -2.27. The molecule has 1 heterocycles. The first kappa shape index (κ1) is 10.6. The van der Waals surface area contributed by atoms with Crippen LogP contribution in [-0.4, -0.2) is 16.0 Å². The van der Waals surface area contributed by atoms with E-state index in [2.05, 4.69) is 6.92 Å². The molecule has 1 aliphatic rings. The number of hydrogen-bond donors (Lipinski definition) is 0. The van der Waals surface area contributed by atoms with Gasteiger partial charge in [-0.15, -0.1) is 0 Å². The number of hydrogen-bond acceptors (Lipinski definition) is 3. The van der Waals surface area contributed by atoms with Crippen LogP contribution in [0.2, 0.25) is 0 Å². The maximum atomic E-state index is 11.6. The quantitative estimate of drug-likeness (QED) is 0.737. The fourth-order valence-corrected chi connectivity index (χ4v) is 2.58. The third-order valence-corrected chi connectivity index (χ3v) is 3.71. The summed E-state index contributed by atoms with van der Waals surface area (Å²) in [5.74, 6) is 0.545. The van der Waals surface area contributed by atoms with Gasteiger partial charge in [-0.1, -0.05) is 43.0 Å². The van der Waals surface area contributed by atoms with Gasteiger partial charge in [-0.3, -0.25) is 9.69 Å². The van der Waals surface area contributed by atoms with Crippen LogP contribution in [0.15, 0.2) is 24.3 Å². The van der Waals surface area contributed by atoms with Crippen LogP contribution in [0, 0.1) is 0 Å². The van der Waals surface area contributed by atoms with Crippen LogP contribution < -0.4 is 4.90 Å². The lowest BCUT2D eigenvalue weighted by molar-refractivity contribution is -0.115. The number of thioether (sulfide) groups is 1. The lowest BCUT2D eigenvalue weighted by atomic mass is 10.1. The first-order valence-electron chi connectivity index (χ1n) is 4.81. The van der Waals surface area contributed by atoms with Crippen molar-refractivity contribution in [2.75, 3.05) is 10.7 Å². The van der Waals surface area contributed by atoms with Gasteiger partial charge in [-0.25, -0.2) is 0 Å². The third-order valence-electron chi connectivity index (χ3n) is 2.35. The molecule has 1 amide bonds. The summed E-state index contributed by atoms with van der Waals surface area (Å²) in [6, 6.07) is 7.98. The minimum atomic E-state index is 0.0780. The Balaban J connectivity index is 2.29. The average Bonchev–Trinajstić information content (AvgIpc) is 2.59. The zero-order chi connectivity index (χ0) is 10.8. The van der Waals surface area contributed by atoms with Gasteiger partial charge in [0.25, 0.3) is 0 Å². The molecule has 2 nitrogen and oxygen atoms in total. The van der Waals surface area contributed by atoms with Crippen molar-refractivity contribution in [1.82, 2.24) is 0 Å². The summed E-state index contributed by atoms with van der Waals surface area (Å²) in [7, 11) is 0. The van der Waals surface area contributed by atoms with Gasteiger partial charge in [0, 0.05) is 0 Å². The van der Waals surface area contributed by atoms with Crippen molar-refractivity contribution in [3.8, 4) is 0 Å². The highest BCUT2D eigenvalue weighted by atomic mass is 32.2. The molecule has 4 heteroatoms. The molecule has 0 saturated carbocycles. The molecule has 1 fully saturated rings. The van der Waals surface area contributed by atoms with Gasteiger partial charge in [-0.2, -0.15) is 0 Å². The zero-order valence-electron chi connectivity index (χ0n) is 8.40. The maximum Gasteiger partial charge on any atom is 0.243 e. The van der Waals surface area contributed by atoms with Crippen molar-refractivity contribution in [1.29, 1.82) is 0 Å². The monoisotopic (exact) mass is 237 g/mol. The van der Waals surface area contributed by atoms with Gasteiger partial charge in [-0.05, 0) is 24.1 Å². The van der Waals surface area contributed by atoms with E-state index in [1.54, 1.807) is 4.90 Å². The molecule has 1 aromatic rings. The summed E-state index contributed by atoms with van der Waals surface area (Å²) >= 11 is 6.55. The van der Waals surface area contributed by atoms with Crippen LogP contribution in [0.3, 0.4) is 0 Å². The van der Waals surface area contributed by atoms with Crippen LogP contribution in [-0.2, 0) is 11.2 Å². The van der Waals surface area contributed by atoms with E-state index in [0.717, 1.165) is 12.1 Å². The number of amides is 1. The Hall–Kier alpha value is -0.870. The number of nitrogens with zero attached hydrogens (tertiary/aromatic N) is 1. The summed E-state index contributed by atoms with van der Waals surface area (Å²) in [5, 5.41) is 0. The molecular formula is C11H11NOS2. The topological polar surface area (TPSA) is 20.3 Å². The van der Waals surface area contributed by atoms with Crippen molar-refractivity contribution in [3.05, 3.63) is 29.8 Å². The van der Waals surface area contributed by atoms with E-state index in [-0.39, 0.29) is 5.91 Å². The summed E-state index contributed by atoms with van der Waals surface area (Å²) in [6.07, 6.45) is 1.01. The van der Waals surface area contributed by atoms with E-state index in [1.165, 1.54) is 17.3 Å². The number of thiocarbonyl (C=S) groups is 1. The lowest BCUT2D eigenvalue weighted by Gasteiger charge is -2.14. The number of rotatable bonds is 2. The van der Waals surface area contributed by atoms with E-state index in [9.17, 15) is 4.79 Å². The normalized spacial score (nSPS) is 16.2. The highest BCUT2D eigenvalue weighted by molar-refractivity contribution is 8.24. The molecule has 0 N–H and O–H groups in total. The van der Waals surface area contributed by atoms with E-state index >= 15 is 0 Å². The summed E-state index contributed by atoms with van der Waals surface area (Å²) < 4.78 is 0.657. The smallest absolute Gasteiger partial charge is 0.243 e. The highest BCUT2D eigenvalue weighted by Gasteiger charge is 2.27. The van der Waals surface area contributed by atoms with E-state index in [0.29, 0.717) is 10.1 Å². The Morgan fingerprint density at radius 1 is 1.40 bits per heavy atom. The second-order valence-corrected chi connectivity index (χ2v) is 4.91. The molecule has 0 aromatic heterocycles. The van der Waals surface area contributed by atoms with E-state index < -0.39 is 0 Å². The first-order chi connectivity index (χ1) is 7.22. The molecule has 0 spiro atoms. The third kappa shape index (κ3) is 2.06. The number of anilines is 1. The highest BCUT2D eigenvalue weighted by Crippen LogP contribution is 2.26. The Morgan fingerprint density at radius 3 is 2.53 bits per heavy atom. The summed E-state index contributed by atoms with van der Waals surface area (Å²) in [4.78, 5) is 13.2. The molecule has 0 atom stereocenters. The van der Waals surface area contributed by atoms with Crippen LogP contribution in [0.1, 0.15) is 12.5 Å². The van der Waals surface area contributed by atoms with Crippen LogP contribution in [0.25, 0.3) is 0 Å². The van der Waals surface area contributed by atoms with Crippen LogP contribution >= 0.6 is 24.0 Å². The Bertz CT molecular complexity index is 384. The largest absolute Gasteiger partial charge is 0.273 e. The minimum absolute atomic E-state index is 0.0780. The van der Waals surface area contributed by atoms with E-state index in [1.807, 2.05) is 24.3 Å². The molecule has 0 radical (unpaired) electrons. The van der Waals surface area contributed by atoms with Gasteiger partial charge in [0.2, 0.25) is 5.91 Å². The predicted octanol–water partition coefficient (Wildman–Crippen LogP) is 2.61. The Labute approximate surface area is 98.7 Å². The van der Waals surface area contributed by atoms with Crippen molar-refractivity contribution in [3.63, 3.8) is 0 Å². The van der Waals surface area contributed by atoms with Gasteiger partial charge >= 0.3 is 0 Å². The molecule has 78 valence electrons. The van der Waals surface area contributed by atoms with Crippen molar-refractivity contribution < 1.29 is 4.79 Å². The predicted molar refractivity (Wildman–Crippen MR) is 68.4 cm³/mol. The van der Waals surface area contributed by atoms with Crippen LogP contribution in [0.4, 0.5) is 5.69 Å². The number of carbonyl (C=O) groups is 1.